The minimum absolute atomic E-state index is 0.0563. The van der Waals surface area contributed by atoms with Crippen molar-refractivity contribution in [2.75, 3.05) is 26.0 Å². The number of rotatable bonds is 7. The van der Waals surface area contributed by atoms with Gasteiger partial charge in [0, 0.05) is 30.2 Å². The Hall–Kier alpha value is -2.16. The van der Waals surface area contributed by atoms with Crippen molar-refractivity contribution in [1.29, 1.82) is 0 Å². The molecule has 6 nitrogen and oxygen atoms in total. The van der Waals surface area contributed by atoms with Crippen LogP contribution in [0.1, 0.15) is 16.7 Å². The number of carbonyl (C=O) groups excluding carboxylic acids is 1. The number of nitrogens with zero attached hydrogens (tertiary/aromatic N) is 1. The summed E-state index contributed by atoms with van der Waals surface area (Å²) in [4.78, 5) is 12.0. The van der Waals surface area contributed by atoms with Gasteiger partial charge in [-0.05, 0) is 41.8 Å². The number of fused-ring (bicyclic) bond motifs is 1. The number of benzene rings is 2. The molecule has 0 aliphatic carbocycles. The van der Waals surface area contributed by atoms with Gasteiger partial charge in [0.1, 0.15) is 11.6 Å². The average molecular weight is 441 g/mol. The number of hydrogen-bond acceptors (Lipinski definition) is 4. The van der Waals surface area contributed by atoms with Gasteiger partial charge in [0.15, 0.2) is 0 Å². The first-order valence-electron chi connectivity index (χ1n) is 9.13. The second-order valence-electron chi connectivity index (χ2n) is 6.76. The molecular weight excluding hydrogens is 419 g/mol. The molecule has 0 radical (unpaired) electrons. The second-order valence-corrected chi connectivity index (χ2v) is 9.26. The van der Waals surface area contributed by atoms with Crippen LogP contribution in [-0.4, -0.2) is 44.6 Å². The molecule has 0 bridgehead atoms. The van der Waals surface area contributed by atoms with E-state index in [0.717, 1.165) is 16.9 Å². The van der Waals surface area contributed by atoms with Gasteiger partial charge in [0.2, 0.25) is 15.9 Å². The SMILES string of the molecule is COc1ccc2c(c1)CCN(S(=O)(=O)CCNC(=O)Cc1c(F)cccc1Cl)C2. The predicted molar refractivity (Wildman–Crippen MR) is 109 cm³/mol. The van der Waals surface area contributed by atoms with Crippen molar-refractivity contribution >= 4 is 27.5 Å². The van der Waals surface area contributed by atoms with Crippen LogP contribution in [0, 0.1) is 5.82 Å². The largest absolute Gasteiger partial charge is 0.497 e. The fraction of sp³-hybridized carbons (Fsp3) is 0.350. The van der Waals surface area contributed by atoms with Crippen LogP contribution >= 0.6 is 11.6 Å². The number of amides is 1. The molecule has 1 aliphatic rings. The van der Waals surface area contributed by atoms with Gasteiger partial charge in [-0.1, -0.05) is 23.7 Å². The maximum absolute atomic E-state index is 13.8. The summed E-state index contributed by atoms with van der Waals surface area (Å²) in [5, 5.41) is 2.69. The molecule has 0 spiro atoms. The topological polar surface area (TPSA) is 75.7 Å². The molecule has 2 aromatic carbocycles. The normalized spacial score (nSPS) is 14.3. The molecule has 0 fully saturated rings. The van der Waals surface area contributed by atoms with E-state index in [1.165, 1.54) is 22.5 Å². The lowest BCUT2D eigenvalue weighted by Crippen LogP contribution is -2.40. The third-order valence-corrected chi connectivity index (χ3v) is 7.04. The third-order valence-electron chi connectivity index (χ3n) is 4.87. The molecular formula is C20H22ClFN2O4S. The quantitative estimate of drug-likeness (QED) is 0.717. The second kappa shape index (κ2) is 9.11. The highest BCUT2D eigenvalue weighted by molar-refractivity contribution is 7.89. The van der Waals surface area contributed by atoms with Crippen molar-refractivity contribution in [3.8, 4) is 5.75 Å². The molecule has 1 N–H and O–H groups in total. The molecule has 1 amide bonds. The van der Waals surface area contributed by atoms with E-state index in [1.54, 1.807) is 7.11 Å². The Bertz CT molecular complexity index is 993. The van der Waals surface area contributed by atoms with Crippen LogP contribution in [0.3, 0.4) is 0 Å². The number of carbonyl (C=O) groups is 1. The van der Waals surface area contributed by atoms with Crippen LogP contribution in [0.15, 0.2) is 36.4 Å². The first-order chi connectivity index (χ1) is 13.8. The fourth-order valence-electron chi connectivity index (χ4n) is 3.24. The fourth-order valence-corrected chi connectivity index (χ4v) is 4.79. The van der Waals surface area contributed by atoms with E-state index in [2.05, 4.69) is 5.32 Å². The molecule has 9 heteroatoms. The Morgan fingerprint density at radius 3 is 2.79 bits per heavy atom. The van der Waals surface area contributed by atoms with Crippen molar-refractivity contribution in [2.24, 2.45) is 0 Å². The highest BCUT2D eigenvalue weighted by Crippen LogP contribution is 2.25. The smallest absolute Gasteiger partial charge is 0.224 e. The zero-order valence-electron chi connectivity index (χ0n) is 16.0. The lowest BCUT2D eigenvalue weighted by atomic mass is 10.0. The summed E-state index contributed by atoms with van der Waals surface area (Å²) in [6.45, 7) is 0.612. The van der Waals surface area contributed by atoms with Crippen molar-refractivity contribution in [3.63, 3.8) is 0 Å². The summed E-state index contributed by atoms with van der Waals surface area (Å²) in [5.41, 5.74) is 2.11. The molecule has 1 heterocycles. The highest BCUT2D eigenvalue weighted by atomic mass is 35.5. The third kappa shape index (κ3) is 5.26. The number of nitrogens with one attached hydrogen (secondary N) is 1. The van der Waals surface area contributed by atoms with Gasteiger partial charge in [-0.25, -0.2) is 12.8 Å². The van der Waals surface area contributed by atoms with Crippen molar-refractivity contribution < 1.29 is 22.3 Å². The average Bonchev–Trinajstić information content (AvgIpc) is 2.70. The van der Waals surface area contributed by atoms with Gasteiger partial charge < -0.3 is 10.1 Å². The maximum atomic E-state index is 13.8. The molecule has 0 aromatic heterocycles. The Morgan fingerprint density at radius 2 is 2.07 bits per heavy atom. The molecule has 1 aliphatic heterocycles. The Balaban J connectivity index is 1.54. The minimum atomic E-state index is -3.54. The highest BCUT2D eigenvalue weighted by Gasteiger charge is 2.26. The zero-order chi connectivity index (χ0) is 21.0. The number of hydrogen-bond donors (Lipinski definition) is 1. The van der Waals surface area contributed by atoms with E-state index in [-0.39, 0.29) is 29.3 Å². The zero-order valence-corrected chi connectivity index (χ0v) is 17.5. The Morgan fingerprint density at radius 1 is 1.28 bits per heavy atom. The molecule has 29 heavy (non-hydrogen) atoms. The molecule has 3 rings (SSSR count). The van der Waals surface area contributed by atoms with E-state index in [1.807, 2.05) is 18.2 Å². The van der Waals surface area contributed by atoms with Crippen molar-refractivity contribution in [1.82, 2.24) is 9.62 Å². The van der Waals surface area contributed by atoms with E-state index in [0.29, 0.717) is 19.5 Å². The molecule has 0 atom stereocenters. The Labute approximate surface area is 174 Å². The summed E-state index contributed by atoms with van der Waals surface area (Å²) in [5.74, 6) is -0.528. The molecule has 0 saturated carbocycles. The van der Waals surface area contributed by atoms with Gasteiger partial charge in [-0.15, -0.1) is 0 Å². The van der Waals surface area contributed by atoms with E-state index >= 15 is 0 Å². The lowest BCUT2D eigenvalue weighted by Gasteiger charge is -2.28. The van der Waals surface area contributed by atoms with Crippen LogP contribution in [0.4, 0.5) is 4.39 Å². The number of methoxy groups -OCH3 is 1. The monoisotopic (exact) mass is 440 g/mol. The molecule has 2 aromatic rings. The van der Waals surface area contributed by atoms with Crippen molar-refractivity contribution in [2.45, 2.75) is 19.4 Å². The van der Waals surface area contributed by atoms with Crippen LogP contribution in [0.5, 0.6) is 5.75 Å². The van der Waals surface area contributed by atoms with Gasteiger partial charge >= 0.3 is 0 Å². The molecule has 156 valence electrons. The molecule has 0 saturated heterocycles. The van der Waals surface area contributed by atoms with Gasteiger partial charge in [-0.3, -0.25) is 4.79 Å². The summed E-state index contributed by atoms with van der Waals surface area (Å²) in [7, 11) is -1.95. The number of halogens is 2. The Kier molecular flexibility index (Phi) is 6.77. The predicted octanol–water partition coefficient (Wildman–Crippen LogP) is 2.53. The van der Waals surface area contributed by atoms with Crippen LogP contribution < -0.4 is 10.1 Å². The lowest BCUT2D eigenvalue weighted by molar-refractivity contribution is -0.120. The first-order valence-corrected chi connectivity index (χ1v) is 11.1. The summed E-state index contributed by atoms with van der Waals surface area (Å²) in [6.07, 6.45) is 0.356. The van der Waals surface area contributed by atoms with Gasteiger partial charge in [0.25, 0.3) is 0 Å². The van der Waals surface area contributed by atoms with Crippen molar-refractivity contribution in [3.05, 3.63) is 63.9 Å². The summed E-state index contributed by atoms with van der Waals surface area (Å²) >= 11 is 5.91. The van der Waals surface area contributed by atoms with E-state index in [4.69, 9.17) is 16.3 Å². The van der Waals surface area contributed by atoms with Crippen LogP contribution in [-0.2, 0) is 34.2 Å². The molecule has 0 unspecified atom stereocenters. The van der Waals surface area contributed by atoms with Gasteiger partial charge in [0.05, 0.1) is 19.3 Å². The van der Waals surface area contributed by atoms with Crippen LogP contribution in [0.25, 0.3) is 0 Å². The first kappa shape index (κ1) is 21.5. The maximum Gasteiger partial charge on any atom is 0.224 e. The van der Waals surface area contributed by atoms with Gasteiger partial charge in [-0.2, -0.15) is 4.31 Å². The minimum Gasteiger partial charge on any atom is -0.497 e. The summed E-state index contributed by atoms with van der Waals surface area (Å²) < 4.78 is 45.7. The number of sulfonamides is 1. The standard InChI is InChI=1S/C20H22ClFN2O4S/c1-28-16-6-5-15-13-24(9-7-14(15)11-16)29(26,27)10-8-23-20(25)12-17-18(21)3-2-4-19(17)22/h2-6,11H,7-10,12-13H2,1H3,(H,23,25). The van der Waals surface area contributed by atoms with Crippen LogP contribution in [0.2, 0.25) is 5.02 Å². The summed E-state index contributed by atoms with van der Waals surface area (Å²) in [6, 6.07) is 9.79. The number of ether oxygens (including phenoxy) is 1. The van der Waals surface area contributed by atoms with E-state index in [9.17, 15) is 17.6 Å². The van der Waals surface area contributed by atoms with E-state index < -0.39 is 21.7 Å².